The number of ether oxygens (including phenoxy) is 1. The molecule has 1 saturated carbocycles. The van der Waals surface area contributed by atoms with Gasteiger partial charge in [0.15, 0.2) is 0 Å². The van der Waals surface area contributed by atoms with Crippen molar-refractivity contribution >= 4 is 5.91 Å². The van der Waals surface area contributed by atoms with Crippen LogP contribution in [0, 0.1) is 5.92 Å². The van der Waals surface area contributed by atoms with Crippen LogP contribution in [0.15, 0.2) is 18.5 Å². The fourth-order valence-electron chi connectivity index (χ4n) is 2.89. The third-order valence-corrected chi connectivity index (χ3v) is 4.62. The van der Waals surface area contributed by atoms with E-state index in [-0.39, 0.29) is 11.9 Å². The summed E-state index contributed by atoms with van der Waals surface area (Å²) in [4.78, 5) is 14.3. The van der Waals surface area contributed by atoms with Gasteiger partial charge in [-0.25, -0.2) is 4.68 Å². The number of likely N-dealkylation sites (tertiary alicyclic amines) is 1. The van der Waals surface area contributed by atoms with Gasteiger partial charge < -0.3 is 9.64 Å². The van der Waals surface area contributed by atoms with Gasteiger partial charge in [0.05, 0.1) is 18.8 Å². The quantitative estimate of drug-likeness (QED) is 0.760. The van der Waals surface area contributed by atoms with Gasteiger partial charge in [0.1, 0.15) is 11.4 Å². The highest BCUT2D eigenvalue weighted by Crippen LogP contribution is 2.29. The Kier molecular flexibility index (Phi) is 4.05. The summed E-state index contributed by atoms with van der Waals surface area (Å²) in [6.07, 6.45) is 6.17. The Morgan fingerprint density at radius 2 is 2.21 bits per heavy atom. The fraction of sp³-hybridized carbons (Fsp3) is 0.625. The monoisotopic (exact) mass is 330 g/mol. The van der Waals surface area contributed by atoms with E-state index in [9.17, 15) is 4.79 Å². The molecule has 2 fully saturated rings. The summed E-state index contributed by atoms with van der Waals surface area (Å²) in [6, 6.07) is 1.96. The standard InChI is InChI=1S/C16H22N6O2/c1-2-21-15(5-6-17-21)16(23)20-8-14(9-20)22-7-13(18-19-22)11-24-10-12-3-4-12/h5-7,12,14H,2-4,8-11H2,1H3. The van der Waals surface area contributed by atoms with Gasteiger partial charge in [-0.3, -0.25) is 9.48 Å². The molecule has 2 aromatic heterocycles. The number of hydrogen-bond donors (Lipinski definition) is 0. The summed E-state index contributed by atoms with van der Waals surface area (Å²) in [6.45, 7) is 5.31. The van der Waals surface area contributed by atoms with Crippen LogP contribution in [0.25, 0.3) is 0 Å². The number of aromatic nitrogens is 5. The molecule has 0 radical (unpaired) electrons. The smallest absolute Gasteiger partial charge is 0.272 e. The first-order chi connectivity index (χ1) is 11.7. The summed E-state index contributed by atoms with van der Waals surface area (Å²) in [5.74, 6) is 0.779. The van der Waals surface area contributed by atoms with Crippen LogP contribution in [0.1, 0.15) is 42.0 Å². The third kappa shape index (κ3) is 3.06. The van der Waals surface area contributed by atoms with E-state index in [0.717, 1.165) is 18.2 Å². The number of rotatable bonds is 7. The Morgan fingerprint density at radius 1 is 1.38 bits per heavy atom. The topological polar surface area (TPSA) is 78.1 Å². The molecular formula is C16H22N6O2. The molecule has 0 bridgehead atoms. The number of carbonyl (C=O) groups is 1. The molecular weight excluding hydrogens is 308 g/mol. The second-order valence-electron chi connectivity index (χ2n) is 6.54. The lowest BCUT2D eigenvalue weighted by atomic mass is 10.1. The van der Waals surface area contributed by atoms with E-state index in [2.05, 4.69) is 15.4 Å². The lowest BCUT2D eigenvalue weighted by Gasteiger charge is -2.38. The largest absolute Gasteiger partial charge is 0.375 e. The predicted molar refractivity (Wildman–Crippen MR) is 85.2 cm³/mol. The second kappa shape index (κ2) is 6.35. The van der Waals surface area contributed by atoms with Gasteiger partial charge in [-0.05, 0) is 31.7 Å². The molecule has 0 unspecified atom stereocenters. The van der Waals surface area contributed by atoms with Gasteiger partial charge in [-0.2, -0.15) is 5.10 Å². The molecule has 1 amide bonds. The molecule has 2 aromatic rings. The molecule has 0 aromatic carbocycles. The van der Waals surface area contributed by atoms with E-state index in [1.54, 1.807) is 16.9 Å². The number of nitrogens with zero attached hydrogens (tertiary/aromatic N) is 6. The van der Waals surface area contributed by atoms with Crippen LogP contribution >= 0.6 is 0 Å². The highest BCUT2D eigenvalue weighted by atomic mass is 16.5. The van der Waals surface area contributed by atoms with Gasteiger partial charge in [-0.15, -0.1) is 5.10 Å². The zero-order valence-corrected chi connectivity index (χ0v) is 13.8. The maximum Gasteiger partial charge on any atom is 0.272 e. The normalized spacial score (nSPS) is 18.0. The molecule has 24 heavy (non-hydrogen) atoms. The van der Waals surface area contributed by atoms with Gasteiger partial charge in [-0.1, -0.05) is 5.21 Å². The Morgan fingerprint density at radius 3 is 2.96 bits per heavy atom. The van der Waals surface area contributed by atoms with Crippen molar-refractivity contribution in [2.45, 2.75) is 39.0 Å². The van der Waals surface area contributed by atoms with E-state index in [1.165, 1.54) is 12.8 Å². The average Bonchev–Trinajstić information content (AvgIpc) is 3.06. The van der Waals surface area contributed by atoms with Crippen molar-refractivity contribution in [3.05, 3.63) is 29.8 Å². The molecule has 3 heterocycles. The SMILES string of the molecule is CCn1nccc1C(=O)N1CC(n2cc(COCC3CC3)nn2)C1. The average molecular weight is 330 g/mol. The van der Waals surface area contributed by atoms with Crippen molar-refractivity contribution in [3.8, 4) is 0 Å². The first kappa shape index (κ1) is 15.3. The van der Waals surface area contributed by atoms with Crippen LogP contribution in [-0.4, -0.2) is 55.3 Å². The Labute approximate surface area is 140 Å². The van der Waals surface area contributed by atoms with Crippen LogP contribution in [-0.2, 0) is 17.9 Å². The zero-order valence-electron chi connectivity index (χ0n) is 13.8. The molecule has 2 aliphatic rings. The minimum Gasteiger partial charge on any atom is -0.375 e. The Bertz CT molecular complexity index is 714. The zero-order chi connectivity index (χ0) is 16.5. The highest BCUT2D eigenvalue weighted by molar-refractivity contribution is 5.93. The van der Waals surface area contributed by atoms with Crippen LogP contribution < -0.4 is 0 Å². The van der Waals surface area contributed by atoms with Gasteiger partial charge >= 0.3 is 0 Å². The maximum absolute atomic E-state index is 12.5. The summed E-state index contributed by atoms with van der Waals surface area (Å²) in [7, 11) is 0. The van der Waals surface area contributed by atoms with Gasteiger partial charge in [0.2, 0.25) is 0 Å². The molecule has 0 atom stereocenters. The summed E-state index contributed by atoms with van der Waals surface area (Å²) in [5.41, 5.74) is 1.49. The van der Waals surface area contributed by atoms with Gasteiger partial charge in [0.25, 0.3) is 5.91 Å². The van der Waals surface area contributed by atoms with E-state index >= 15 is 0 Å². The predicted octanol–water partition coefficient (Wildman–Crippen LogP) is 1.12. The Balaban J connectivity index is 1.29. The summed E-state index contributed by atoms with van der Waals surface area (Å²) in [5, 5.41) is 12.5. The van der Waals surface area contributed by atoms with E-state index in [4.69, 9.17) is 4.74 Å². The number of amides is 1. The summed E-state index contributed by atoms with van der Waals surface area (Å²) < 4.78 is 9.20. The number of hydrogen-bond acceptors (Lipinski definition) is 5. The first-order valence-electron chi connectivity index (χ1n) is 8.54. The molecule has 8 heteroatoms. The van der Waals surface area contributed by atoms with E-state index in [1.807, 2.05) is 22.7 Å². The van der Waals surface area contributed by atoms with Gasteiger partial charge in [0, 0.05) is 32.4 Å². The van der Waals surface area contributed by atoms with Crippen molar-refractivity contribution in [3.63, 3.8) is 0 Å². The van der Waals surface area contributed by atoms with Crippen molar-refractivity contribution in [2.75, 3.05) is 19.7 Å². The molecule has 0 N–H and O–H groups in total. The van der Waals surface area contributed by atoms with Crippen molar-refractivity contribution in [1.29, 1.82) is 0 Å². The number of aryl methyl sites for hydroxylation is 1. The number of carbonyl (C=O) groups excluding carboxylic acids is 1. The first-order valence-corrected chi connectivity index (χ1v) is 8.54. The van der Waals surface area contributed by atoms with Crippen LogP contribution in [0.2, 0.25) is 0 Å². The lowest BCUT2D eigenvalue weighted by Crippen LogP contribution is -2.51. The molecule has 1 aliphatic heterocycles. The summed E-state index contributed by atoms with van der Waals surface area (Å²) >= 11 is 0. The lowest BCUT2D eigenvalue weighted by molar-refractivity contribution is 0.0485. The molecule has 1 aliphatic carbocycles. The molecule has 8 nitrogen and oxygen atoms in total. The van der Waals surface area contributed by atoms with Crippen LogP contribution in [0.5, 0.6) is 0 Å². The maximum atomic E-state index is 12.5. The molecule has 1 saturated heterocycles. The Hall–Kier alpha value is -2.22. The van der Waals surface area contributed by atoms with Crippen LogP contribution in [0.3, 0.4) is 0 Å². The van der Waals surface area contributed by atoms with E-state index < -0.39 is 0 Å². The highest BCUT2D eigenvalue weighted by Gasteiger charge is 2.34. The van der Waals surface area contributed by atoms with E-state index in [0.29, 0.717) is 31.9 Å². The fourth-order valence-corrected chi connectivity index (χ4v) is 2.89. The van der Waals surface area contributed by atoms with Crippen molar-refractivity contribution in [1.82, 2.24) is 29.7 Å². The van der Waals surface area contributed by atoms with Crippen LogP contribution in [0.4, 0.5) is 0 Å². The van der Waals surface area contributed by atoms with Crippen molar-refractivity contribution in [2.24, 2.45) is 5.92 Å². The minimum absolute atomic E-state index is 0.0266. The molecule has 4 rings (SSSR count). The third-order valence-electron chi connectivity index (χ3n) is 4.62. The van der Waals surface area contributed by atoms with Crippen molar-refractivity contribution < 1.29 is 9.53 Å². The second-order valence-corrected chi connectivity index (χ2v) is 6.54. The molecule has 0 spiro atoms. The minimum atomic E-state index is 0.0266. The molecule has 128 valence electrons.